The molecule has 33 heavy (non-hydrogen) atoms. The number of esters is 1. The number of quaternary nitrogens is 1. The molecule has 0 amide bonds. The van der Waals surface area contributed by atoms with Crippen LogP contribution in [-0.2, 0) is 28.0 Å². The molecule has 2 bridgehead atoms. The van der Waals surface area contributed by atoms with Gasteiger partial charge in [0.1, 0.15) is 6.54 Å². The zero-order valence-corrected chi connectivity index (χ0v) is 20.5. The largest absolute Gasteiger partial charge is 0.454 e. The normalized spacial score (nSPS) is 26.1. The maximum absolute atomic E-state index is 13.5. The van der Waals surface area contributed by atoms with Crippen molar-refractivity contribution >= 4 is 28.6 Å². The highest BCUT2D eigenvalue weighted by Gasteiger charge is 2.50. The van der Waals surface area contributed by atoms with Gasteiger partial charge in [0, 0.05) is 41.4 Å². The highest BCUT2D eigenvalue weighted by Crippen LogP contribution is 2.38. The number of benzene rings is 1. The Kier molecular flexibility index (Phi) is 6.70. The Morgan fingerprint density at radius 3 is 2.48 bits per heavy atom. The van der Waals surface area contributed by atoms with Crippen LogP contribution in [0, 0.1) is 5.92 Å². The molecule has 4 nitrogen and oxygen atoms in total. The average molecular weight is 483 g/mol. The van der Waals surface area contributed by atoms with Crippen LogP contribution in [0.4, 0.5) is 0 Å². The lowest BCUT2D eigenvalue weighted by atomic mass is 9.82. The number of hydrogen-bond acceptors (Lipinski definition) is 5. The van der Waals surface area contributed by atoms with Crippen molar-refractivity contribution in [1.82, 2.24) is 0 Å². The third-order valence-electron chi connectivity index (χ3n) is 7.50. The minimum Gasteiger partial charge on any atom is -0.454 e. The summed E-state index contributed by atoms with van der Waals surface area (Å²) in [6.07, 6.45) is 4.62. The van der Waals surface area contributed by atoms with Crippen molar-refractivity contribution in [2.75, 3.05) is 26.2 Å². The molecule has 3 saturated heterocycles. The van der Waals surface area contributed by atoms with Crippen molar-refractivity contribution in [1.29, 1.82) is 0 Å². The first-order valence-corrected chi connectivity index (χ1v) is 13.7. The summed E-state index contributed by atoms with van der Waals surface area (Å²) < 4.78 is 7.22. The van der Waals surface area contributed by atoms with E-state index >= 15 is 0 Å². The molecule has 174 valence electrons. The van der Waals surface area contributed by atoms with Crippen molar-refractivity contribution in [2.45, 2.75) is 43.8 Å². The molecule has 6 rings (SSSR count). The second-order valence-electron chi connectivity index (χ2n) is 9.66. The van der Waals surface area contributed by atoms with E-state index in [9.17, 15) is 9.90 Å². The molecule has 1 unspecified atom stereocenters. The Labute approximate surface area is 204 Å². The predicted octanol–water partition coefficient (Wildman–Crippen LogP) is 5.02. The lowest BCUT2D eigenvalue weighted by Gasteiger charge is -2.52. The Bertz CT molecular complexity index is 1030. The maximum atomic E-state index is 13.5. The Morgan fingerprint density at radius 2 is 1.79 bits per heavy atom. The summed E-state index contributed by atoms with van der Waals surface area (Å²) >= 11 is 3.24. The van der Waals surface area contributed by atoms with E-state index in [0.29, 0.717) is 10.8 Å². The van der Waals surface area contributed by atoms with E-state index in [0.717, 1.165) is 42.4 Å². The Hall–Kier alpha value is -1.99. The lowest BCUT2D eigenvalue weighted by Crippen LogP contribution is -2.65. The first kappa shape index (κ1) is 22.8. The van der Waals surface area contributed by atoms with Crippen LogP contribution in [0.1, 0.15) is 34.6 Å². The molecule has 1 aromatic carbocycles. The molecule has 6 heteroatoms. The van der Waals surface area contributed by atoms with Crippen LogP contribution >= 0.6 is 22.7 Å². The number of nitrogens with zero attached hydrogens (tertiary/aromatic N) is 1. The molecular weight excluding hydrogens is 450 g/mol. The molecule has 3 fully saturated rings. The predicted molar refractivity (Wildman–Crippen MR) is 133 cm³/mol. The summed E-state index contributed by atoms with van der Waals surface area (Å²) in [6.45, 7) is 4.38. The zero-order chi connectivity index (χ0) is 22.7. The SMILES string of the molecule is O=C(O[C@H]1C[N+]2(CCCc3cccs3)CCC1CC2)C(O)(Cc1ccccc1)c1cccs1. The Balaban J connectivity index is 1.28. The molecule has 0 aliphatic carbocycles. The molecule has 3 aromatic rings. The van der Waals surface area contributed by atoms with Crippen molar-refractivity contribution in [3.63, 3.8) is 0 Å². The summed E-state index contributed by atoms with van der Waals surface area (Å²) in [5.74, 6) is -0.0835. The highest BCUT2D eigenvalue weighted by atomic mass is 32.1. The number of fused-ring (bicyclic) bond motifs is 3. The molecule has 1 N–H and O–H groups in total. The van der Waals surface area contributed by atoms with Crippen molar-refractivity contribution in [3.05, 3.63) is 80.7 Å². The second kappa shape index (κ2) is 9.71. The number of ether oxygens (including phenoxy) is 1. The standard InChI is InChI=1S/C27H32NO3S2/c29-26(27(30,25-11-6-18-33-25)19-21-7-2-1-3-8-21)31-24-20-28(15-12-22(24)13-16-28)14-4-9-23-10-5-17-32-23/h1-3,5-8,10-11,17-18,22,24,30H,4,9,12-16,19-20H2/q+1/t22?,24-,27?,28?/m0/s1. The van der Waals surface area contributed by atoms with Gasteiger partial charge in [-0.15, -0.1) is 22.7 Å². The number of piperidine rings is 3. The van der Waals surface area contributed by atoms with Gasteiger partial charge in [0.15, 0.2) is 6.10 Å². The minimum atomic E-state index is -1.65. The van der Waals surface area contributed by atoms with E-state index in [4.69, 9.17) is 4.74 Å². The van der Waals surface area contributed by atoms with Crippen LogP contribution in [0.3, 0.4) is 0 Å². The highest BCUT2D eigenvalue weighted by molar-refractivity contribution is 7.10. The van der Waals surface area contributed by atoms with Crippen LogP contribution in [0.15, 0.2) is 65.4 Å². The molecular formula is C27H32NO3S2+. The molecule has 5 heterocycles. The van der Waals surface area contributed by atoms with Crippen molar-refractivity contribution < 1.29 is 19.1 Å². The summed E-state index contributed by atoms with van der Waals surface area (Å²) in [4.78, 5) is 15.6. The fourth-order valence-corrected chi connectivity index (χ4v) is 7.18. The first-order valence-electron chi connectivity index (χ1n) is 12.0. The van der Waals surface area contributed by atoms with Gasteiger partial charge < -0.3 is 14.3 Å². The Morgan fingerprint density at radius 1 is 1.03 bits per heavy atom. The van der Waals surface area contributed by atoms with Gasteiger partial charge >= 0.3 is 5.97 Å². The minimum absolute atomic E-state index is 0.107. The molecule has 0 saturated carbocycles. The third kappa shape index (κ3) is 4.94. The van der Waals surface area contributed by atoms with E-state index in [1.807, 2.05) is 59.2 Å². The molecule has 0 radical (unpaired) electrons. The molecule has 2 aromatic heterocycles. The van der Waals surface area contributed by atoms with Gasteiger partial charge in [0.25, 0.3) is 0 Å². The second-order valence-corrected chi connectivity index (χ2v) is 11.6. The summed E-state index contributed by atoms with van der Waals surface area (Å²) in [5.41, 5.74) is -0.720. The summed E-state index contributed by atoms with van der Waals surface area (Å²) in [5, 5.41) is 15.7. The van der Waals surface area contributed by atoms with E-state index in [-0.39, 0.29) is 12.5 Å². The van der Waals surface area contributed by atoms with Gasteiger partial charge in [0.2, 0.25) is 5.60 Å². The van der Waals surface area contributed by atoms with Gasteiger partial charge in [-0.05, 0) is 34.9 Å². The molecule has 2 atom stereocenters. The van der Waals surface area contributed by atoms with E-state index in [1.165, 1.54) is 35.7 Å². The number of aryl methyl sites for hydroxylation is 1. The number of rotatable bonds is 9. The fraction of sp³-hybridized carbons (Fsp3) is 0.444. The topological polar surface area (TPSA) is 46.5 Å². The van der Waals surface area contributed by atoms with E-state index in [1.54, 1.807) is 0 Å². The van der Waals surface area contributed by atoms with Crippen LogP contribution in [0.2, 0.25) is 0 Å². The number of hydrogen-bond donors (Lipinski definition) is 1. The fourth-order valence-electron chi connectivity index (χ4n) is 5.61. The van der Waals surface area contributed by atoms with Gasteiger partial charge in [-0.1, -0.05) is 42.5 Å². The van der Waals surface area contributed by atoms with Gasteiger partial charge in [-0.2, -0.15) is 0 Å². The van der Waals surface area contributed by atoms with Gasteiger partial charge in [0.05, 0.1) is 19.6 Å². The van der Waals surface area contributed by atoms with Gasteiger partial charge in [-0.25, -0.2) is 4.79 Å². The smallest absolute Gasteiger partial charge is 0.344 e. The summed E-state index contributed by atoms with van der Waals surface area (Å²) in [7, 11) is 0. The molecule has 3 aliphatic rings. The van der Waals surface area contributed by atoms with Crippen molar-refractivity contribution in [3.8, 4) is 0 Å². The van der Waals surface area contributed by atoms with Crippen LogP contribution < -0.4 is 0 Å². The third-order valence-corrected chi connectivity index (χ3v) is 9.46. The van der Waals surface area contributed by atoms with Crippen LogP contribution in [0.25, 0.3) is 0 Å². The lowest BCUT2D eigenvalue weighted by molar-refractivity contribution is -0.946. The molecule has 0 spiro atoms. The number of carbonyl (C=O) groups is 1. The van der Waals surface area contributed by atoms with Crippen LogP contribution in [0.5, 0.6) is 0 Å². The van der Waals surface area contributed by atoms with Crippen LogP contribution in [-0.4, -0.2) is 47.8 Å². The number of carbonyl (C=O) groups excluding carboxylic acids is 1. The summed E-state index contributed by atoms with van der Waals surface area (Å²) in [6, 6.07) is 17.8. The number of thiophene rings is 2. The average Bonchev–Trinajstić information content (AvgIpc) is 3.55. The number of aliphatic hydroxyl groups is 1. The zero-order valence-electron chi connectivity index (χ0n) is 18.9. The van der Waals surface area contributed by atoms with Crippen molar-refractivity contribution in [2.24, 2.45) is 5.92 Å². The van der Waals surface area contributed by atoms with Gasteiger partial charge in [-0.3, -0.25) is 0 Å². The van der Waals surface area contributed by atoms with E-state index < -0.39 is 11.6 Å². The molecule has 3 aliphatic heterocycles. The monoisotopic (exact) mass is 482 g/mol. The maximum Gasteiger partial charge on any atom is 0.344 e. The quantitative estimate of drug-likeness (QED) is 0.344. The first-order chi connectivity index (χ1) is 16.1. The van der Waals surface area contributed by atoms with E-state index in [2.05, 4.69) is 17.5 Å².